The largest absolute Gasteiger partial charge is 0.458 e. The summed E-state index contributed by atoms with van der Waals surface area (Å²) >= 11 is 6.19. The van der Waals surface area contributed by atoms with Crippen molar-refractivity contribution in [1.29, 1.82) is 0 Å². The molecule has 0 saturated carbocycles. The first-order valence-corrected chi connectivity index (χ1v) is 7.09. The molecular weight excluding hydrogens is 278 g/mol. The summed E-state index contributed by atoms with van der Waals surface area (Å²) in [6.45, 7) is 2.19. The van der Waals surface area contributed by atoms with Gasteiger partial charge in [-0.3, -0.25) is 9.79 Å². The number of rotatable bonds is 2. The van der Waals surface area contributed by atoms with Gasteiger partial charge >= 0.3 is 5.97 Å². The van der Waals surface area contributed by atoms with Gasteiger partial charge in [-0.25, -0.2) is 4.98 Å². The van der Waals surface area contributed by atoms with Crippen molar-refractivity contribution in [3.63, 3.8) is 0 Å². The maximum absolute atomic E-state index is 11.0. The third-order valence-electron chi connectivity index (χ3n) is 3.66. The molecule has 20 heavy (non-hydrogen) atoms. The molecule has 1 aliphatic heterocycles. The monoisotopic (exact) mass is 293 g/mol. The Bertz CT molecular complexity index is 579. The second-order valence-electron chi connectivity index (χ2n) is 5.10. The molecule has 1 aromatic heterocycles. The number of halogens is 1. The van der Waals surface area contributed by atoms with Gasteiger partial charge in [0.2, 0.25) is 0 Å². The molecule has 1 aliphatic carbocycles. The molecule has 3 rings (SSSR count). The van der Waals surface area contributed by atoms with Crippen molar-refractivity contribution in [3.8, 4) is 0 Å². The molecule has 0 spiro atoms. The van der Waals surface area contributed by atoms with Crippen LogP contribution in [0.4, 0.5) is 0 Å². The average Bonchev–Trinajstić information content (AvgIpc) is 2.71. The van der Waals surface area contributed by atoms with Gasteiger partial charge < -0.3 is 9.30 Å². The summed E-state index contributed by atoms with van der Waals surface area (Å²) in [4.78, 5) is 19.8. The Balaban J connectivity index is 1.95. The highest BCUT2D eigenvalue weighted by atomic mass is 35.5. The summed E-state index contributed by atoms with van der Waals surface area (Å²) in [5, 5.41) is 0.0460. The van der Waals surface area contributed by atoms with E-state index < -0.39 is 0 Å². The van der Waals surface area contributed by atoms with Gasteiger partial charge in [-0.2, -0.15) is 0 Å². The number of esters is 1. The van der Waals surface area contributed by atoms with Gasteiger partial charge in [0, 0.05) is 19.1 Å². The number of ether oxygens (including phenoxy) is 1. The van der Waals surface area contributed by atoms with Gasteiger partial charge in [0.05, 0.1) is 29.9 Å². The highest BCUT2D eigenvalue weighted by molar-refractivity contribution is 6.22. The van der Waals surface area contributed by atoms with E-state index in [1.165, 1.54) is 6.92 Å². The molecule has 0 radical (unpaired) electrons. The maximum Gasteiger partial charge on any atom is 0.303 e. The number of hydrogen-bond donors (Lipinski definition) is 0. The van der Waals surface area contributed by atoms with Gasteiger partial charge in [-0.1, -0.05) is 12.2 Å². The van der Waals surface area contributed by atoms with Gasteiger partial charge in [-0.15, -0.1) is 11.6 Å². The Hall–Kier alpha value is -1.62. The van der Waals surface area contributed by atoms with Crippen molar-refractivity contribution in [2.24, 2.45) is 10.9 Å². The van der Waals surface area contributed by atoms with E-state index in [1.54, 1.807) is 6.20 Å². The lowest BCUT2D eigenvalue weighted by Crippen LogP contribution is -2.26. The van der Waals surface area contributed by atoms with Crippen LogP contribution in [0.3, 0.4) is 0 Å². The van der Waals surface area contributed by atoms with Crippen LogP contribution in [-0.4, -0.2) is 27.1 Å². The van der Waals surface area contributed by atoms with Crippen molar-refractivity contribution in [2.45, 2.75) is 37.9 Å². The fourth-order valence-electron chi connectivity index (χ4n) is 2.76. The zero-order valence-corrected chi connectivity index (χ0v) is 12.0. The van der Waals surface area contributed by atoms with E-state index in [9.17, 15) is 4.79 Å². The third kappa shape index (κ3) is 2.50. The molecule has 1 aromatic rings. The fraction of sp³-hybridized carbons (Fsp3) is 0.500. The summed E-state index contributed by atoms with van der Waals surface area (Å²) in [5.74, 6) is 0.714. The molecule has 0 amide bonds. The average molecular weight is 294 g/mol. The molecule has 5 nitrogen and oxygen atoms in total. The Morgan fingerprint density at radius 1 is 1.55 bits per heavy atom. The van der Waals surface area contributed by atoms with E-state index in [-0.39, 0.29) is 29.9 Å². The van der Waals surface area contributed by atoms with Crippen LogP contribution >= 0.6 is 11.6 Å². The van der Waals surface area contributed by atoms with E-state index in [2.05, 4.69) is 20.6 Å². The van der Waals surface area contributed by atoms with Crippen molar-refractivity contribution in [2.75, 3.05) is 0 Å². The van der Waals surface area contributed by atoms with Crippen LogP contribution in [0.5, 0.6) is 0 Å². The number of carbonyl (C=O) groups excluding carboxylic acids is 1. The third-order valence-corrected chi connectivity index (χ3v) is 3.98. The number of allylic oxidation sites excluding steroid dienone is 2. The lowest BCUT2D eigenvalue weighted by atomic mass is 9.90. The molecule has 0 aromatic carbocycles. The first kappa shape index (κ1) is 13.4. The lowest BCUT2D eigenvalue weighted by Gasteiger charge is -2.29. The molecular formula is C14H16ClN3O2. The van der Waals surface area contributed by atoms with Crippen LogP contribution in [0.25, 0.3) is 0 Å². The summed E-state index contributed by atoms with van der Waals surface area (Å²) in [5.41, 5.74) is 1.04. The summed E-state index contributed by atoms with van der Waals surface area (Å²) in [6.07, 6.45) is 8.77. The second-order valence-corrected chi connectivity index (χ2v) is 5.66. The van der Waals surface area contributed by atoms with E-state index in [0.717, 1.165) is 17.9 Å². The minimum Gasteiger partial charge on any atom is -0.458 e. The van der Waals surface area contributed by atoms with Crippen molar-refractivity contribution < 1.29 is 9.53 Å². The molecule has 3 atom stereocenters. The molecule has 2 aliphatic rings. The highest BCUT2D eigenvalue weighted by Crippen LogP contribution is 2.34. The van der Waals surface area contributed by atoms with Gasteiger partial charge in [-0.05, 0) is 6.42 Å². The summed E-state index contributed by atoms with van der Waals surface area (Å²) in [6, 6.07) is 0.152. The zero-order valence-electron chi connectivity index (χ0n) is 11.2. The van der Waals surface area contributed by atoms with Crippen molar-refractivity contribution in [3.05, 3.63) is 29.9 Å². The zero-order chi connectivity index (χ0) is 14.1. The molecule has 0 N–H and O–H groups in total. The number of aliphatic imine (C=N–C) groups is 1. The highest BCUT2D eigenvalue weighted by Gasteiger charge is 2.30. The normalized spacial score (nSPS) is 27.6. The van der Waals surface area contributed by atoms with Gasteiger partial charge in [0.25, 0.3) is 0 Å². The van der Waals surface area contributed by atoms with Crippen LogP contribution in [0, 0.1) is 5.92 Å². The van der Waals surface area contributed by atoms with Crippen LogP contribution in [0.15, 0.2) is 23.3 Å². The molecule has 2 heterocycles. The molecule has 6 heteroatoms. The first-order valence-electron chi connectivity index (χ1n) is 6.66. The number of fused-ring (bicyclic) bond motifs is 3. The van der Waals surface area contributed by atoms with Crippen molar-refractivity contribution >= 4 is 23.8 Å². The Labute approximate surface area is 122 Å². The number of carbonyl (C=O) groups is 1. The number of hydrogen-bond acceptors (Lipinski definition) is 4. The molecule has 0 fully saturated rings. The van der Waals surface area contributed by atoms with Crippen LogP contribution in [0.1, 0.15) is 30.9 Å². The first-order chi connectivity index (χ1) is 9.65. The van der Waals surface area contributed by atoms with Gasteiger partial charge in [0.15, 0.2) is 0 Å². The predicted octanol–water partition coefficient (Wildman–Crippen LogP) is 2.26. The summed E-state index contributed by atoms with van der Waals surface area (Å²) < 4.78 is 7.21. The van der Waals surface area contributed by atoms with E-state index in [0.29, 0.717) is 6.54 Å². The van der Waals surface area contributed by atoms with Crippen LogP contribution < -0.4 is 0 Å². The quantitative estimate of drug-likeness (QED) is 0.477. The van der Waals surface area contributed by atoms with E-state index in [1.807, 2.05) is 12.3 Å². The molecule has 3 unspecified atom stereocenters. The maximum atomic E-state index is 11.0. The topological polar surface area (TPSA) is 56.5 Å². The second kappa shape index (κ2) is 5.40. The van der Waals surface area contributed by atoms with Gasteiger partial charge in [0.1, 0.15) is 12.4 Å². The Morgan fingerprint density at radius 2 is 2.40 bits per heavy atom. The lowest BCUT2D eigenvalue weighted by molar-refractivity contribution is -0.142. The number of aromatic nitrogens is 2. The molecule has 0 bridgehead atoms. The summed E-state index contributed by atoms with van der Waals surface area (Å²) in [7, 11) is 0. The van der Waals surface area contributed by atoms with E-state index in [4.69, 9.17) is 16.3 Å². The standard InChI is InChI=1S/C14H16ClN3O2/c1-9(19)20-8-14-17-7-12-6-16-5-10-4-11(15)2-3-13(10)18(12)14/h2-3,5,7,10-11,13H,4,6,8H2,1H3. The van der Waals surface area contributed by atoms with Crippen molar-refractivity contribution in [1.82, 2.24) is 9.55 Å². The Kier molecular flexibility index (Phi) is 3.61. The smallest absolute Gasteiger partial charge is 0.303 e. The number of imidazole rings is 1. The van der Waals surface area contributed by atoms with Crippen LogP contribution in [0.2, 0.25) is 0 Å². The van der Waals surface area contributed by atoms with E-state index >= 15 is 0 Å². The minimum absolute atomic E-state index is 0.0460. The molecule has 0 saturated heterocycles. The number of alkyl halides is 1. The predicted molar refractivity (Wildman–Crippen MR) is 75.8 cm³/mol. The number of nitrogens with zero attached hydrogens (tertiary/aromatic N) is 3. The fourth-order valence-corrected chi connectivity index (χ4v) is 3.05. The SMILES string of the molecule is CC(=O)OCc1ncc2n1C1C=CC(Cl)CC1C=NC2. The van der Waals surface area contributed by atoms with Crippen LogP contribution in [-0.2, 0) is 22.7 Å². The minimum atomic E-state index is -0.302. The Morgan fingerprint density at radius 3 is 3.20 bits per heavy atom. The molecule has 106 valence electrons.